The Kier molecular flexibility index (Phi) is 5.05. The van der Waals surface area contributed by atoms with Crippen LogP contribution in [-0.4, -0.2) is 15.9 Å². The highest BCUT2D eigenvalue weighted by Crippen LogP contribution is 2.11. The number of rotatable bonds is 4. The van der Waals surface area contributed by atoms with Crippen molar-refractivity contribution in [1.29, 1.82) is 0 Å². The van der Waals surface area contributed by atoms with Crippen LogP contribution in [0.2, 0.25) is 0 Å². The summed E-state index contributed by atoms with van der Waals surface area (Å²) in [5.74, 6) is 1.37. The number of nitrogens with zero attached hydrogens (tertiary/aromatic N) is 1. The van der Waals surface area contributed by atoms with Crippen LogP contribution in [0.5, 0.6) is 0 Å². The quantitative estimate of drug-likeness (QED) is 0.816. The molecule has 1 aromatic rings. The van der Waals surface area contributed by atoms with E-state index in [1.165, 1.54) is 11.8 Å². The first-order valence-electron chi connectivity index (χ1n) is 5.12. The van der Waals surface area contributed by atoms with Crippen LogP contribution in [0.3, 0.4) is 0 Å². The first kappa shape index (κ1) is 12.8. The van der Waals surface area contributed by atoms with Crippen LogP contribution >= 0.6 is 11.8 Å². The van der Waals surface area contributed by atoms with Crippen molar-refractivity contribution in [3.8, 4) is 0 Å². The lowest BCUT2D eigenvalue weighted by Crippen LogP contribution is -1.93. The van der Waals surface area contributed by atoms with E-state index in [2.05, 4.69) is 11.1 Å². The number of hydrogen-bond donors (Lipinski definition) is 1. The lowest BCUT2D eigenvalue weighted by Gasteiger charge is -2.00. The normalized spacial score (nSPS) is 10.9. The van der Waals surface area contributed by atoms with Crippen LogP contribution in [0.25, 0.3) is 6.08 Å². The number of aryl methyl sites for hydroxylation is 1. The predicted octanol–water partition coefficient (Wildman–Crippen LogP) is 2.66. The molecule has 0 bridgehead atoms. The summed E-state index contributed by atoms with van der Waals surface area (Å²) in [5, 5.41) is 0.165. The summed E-state index contributed by atoms with van der Waals surface area (Å²) in [4.78, 5) is 14.9. The molecule has 0 aliphatic carbocycles. The van der Waals surface area contributed by atoms with E-state index in [0.717, 1.165) is 23.4 Å². The van der Waals surface area contributed by atoms with Crippen LogP contribution in [-0.2, 0) is 4.79 Å². The highest BCUT2D eigenvalue weighted by atomic mass is 32.2. The zero-order valence-corrected chi connectivity index (χ0v) is 10.4. The van der Waals surface area contributed by atoms with Gasteiger partial charge in [0.25, 0.3) is 0 Å². The van der Waals surface area contributed by atoms with Gasteiger partial charge in [-0.05, 0) is 31.0 Å². The molecule has 1 rings (SSSR count). The summed E-state index contributed by atoms with van der Waals surface area (Å²) in [6, 6.07) is 3.74. The standard InChI is InChI=1S/C12H16N2OS/c1-9-11(6-7-12(13)14-9)5-3-4-8-16-10(2)15/h3,5-7H,4,8H2,1-2H3,(H2,13,14). The van der Waals surface area contributed by atoms with Crippen molar-refractivity contribution in [1.82, 2.24) is 4.98 Å². The second-order valence-electron chi connectivity index (χ2n) is 3.44. The first-order chi connectivity index (χ1) is 7.59. The number of nitrogens with two attached hydrogens (primary N) is 1. The Labute approximate surface area is 100 Å². The van der Waals surface area contributed by atoms with Gasteiger partial charge in [-0.3, -0.25) is 4.79 Å². The molecule has 1 aromatic heterocycles. The smallest absolute Gasteiger partial charge is 0.185 e. The molecule has 0 aromatic carbocycles. The van der Waals surface area contributed by atoms with Gasteiger partial charge in [-0.25, -0.2) is 4.98 Å². The molecule has 0 aliphatic rings. The average molecular weight is 236 g/mol. The number of carbonyl (C=O) groups is 1. The van der Waals surface area contributed by atoms with E-state index in [-0.39, 0.29) is 5.12 Å². The van der Waals surface area contributed by atoms with Gasteiger partial charge in [0.05, 0.1) is 0 Å². The number of pyridine rings is 1. The Morgan fingerprint density at radius 1 is 1.56 bits per heavy atom. The summed E-state index contributed by atoms with van der Waals surface area (Å²) in [6.45, 7) is 3.52. The lowest BCUT2D eigenvalue weighted by molar-refractivity contribution is -0.109. The van der Waals surface area contributed by atoms with Crippen LogP contribution < -0.4 is 5.73 Å². The molecule has 0 spiro atoms. The summed E-state index contributed by atoms with van der Waals surface area (Å²) < 4.78 is 0. The zero-order valence-electron chi connectivity index (χ0n) is 9.56. The highest BCUT2D eigenvalue weighted by Gasteiger charge is 1.96. The monoisotopic (exact) mass is 236 g/mol. The van der Waals surface area contributed by atoms with E-state index in [4.69, 9.17) is 5.73 Å². The average Bonchev–Trinajstić information content (AvgIpc) is 2.20. The van der Waals surface area contributed by atoms with E-state index in [9.17, 15) is 4.79 Å². The minimum atomic E-state index is 0.165. The van der Waals surface area contributed by atoms with E-state index in [1.54, 1.807) is 13.0 Å². The van der Waals surface area contributed by atoms with Crippen LogP contribution in [0.4, 0.5) is 5.82 Å². The highest BCUT2D eigenvalue weighted by molar-refractivity contribution is 8.13. The fourth-order valence-corrected chi connectivity index (χ4v) is 1.79. The number of hydrogen-bond acceptors (Lipinski definition) is 4. The molecule has 0 amide bonds. The number of allylic oxidation sites excluding steroid dienone is 1. The Morgan fingerprint density at radius 3 is 2.94 bits per heavy atom. The fraction of sp³-hybridized carbons (Fsp3) is 0.333. The van der Waals surface area contributed by atoms with Gasteiger partial charge in [0.2, 0.25) is 0 Å². The minimum Gasteiger partial charge on any atom is -0.384 e. The molecular weight excluding hydrogens is 220 g/mol. The molecular formula is C12H16N2OS. The van der Waals surface area contributed by atoms with E-state index >= 15 is 0 Å². The SMILES string of the molecule is CC(=O)SCCC=Cc1ccc(N)nc1C. The van der Waals surface area contributed by atoms with Gasteiger partial charge >= 0.3 is 0 Å². The summed E-state index contributed by atoms with van der Waals surface area (Å²) >= 11 is 1.35. The first-order valence-corrected chi connectivity index (χ1v) is 6.11. The van der Waals surface area contributed by atoms with Crippen molar-refractivity contribution in [2.24, 2.45) is 0 Å². The molecule has 0 saturated carbocycles. The van der Waals surface area contributed by atoms with Crippen LogP contribution in [0, 0.1) is 6.92 Å². The number of anilines is 1. The third kappa shape index (κ3) is 4.49. The molecule has 0 aliphatic heterocycles. The molecule has 3 nitrogen and oxygen atoms in total. The Morgan fingerprint density at radius 2 is 2.31 bits per heavy atom. The van der Waals surface area contributed by atoms with Crippen molar-refractivity contribution >= 4 is 28.8 Å². The molecule has 0 atom stereocenters. The molecule has 0 fully saturated rings. The van der Waals surface area contributed by atoms with Gasteiger partial charge in [0.15, 0.2) is 5.12 Å². The maximum absolute atomic E-state index is 10.7. The van der Waals surface area contributed by atoms with Crippen molar-refractivity contribution in [2.45, 2.75) is 20.3 Å². The summed E-state index contributed by atoms with van der Waals surface area (Å²) in [6.07, 6.45) is 4.95. The fourth-order valence-electron chi connectivity index (χ4n) is 1.25. The maximum Gasteiger partial charge on any atom is 0.185 e. The van der Waals surface area contributed by atoms with E-state index < -0.39 is 0 Å². The molecule has 2 N–H and O–H groups in total. The van der Waals surface area contributed by atoms with Crippen molar-refractivity contribution in [3.05, 3.63) is 29.5 Å². The summed E-state index contributed by atoms with van der Waals surface area (Å²) in [7, 11) is 0. The molecule has 0 saturated heterocycles. The summed E-state index contributed by atoms with van der Waals surface area (Å²) in [5.41, 5.74) is 7.56. The Balaban J connectivity index is 2.47. The second kappa shape index (κ2) is 6.33. The lowest BCUT2D eigenvalue weighted by atomic mass is 10.2. The van der Waals surface area contributed by atoms with E-state index in [1.807, 2.05) is 19.1 Å². The number of nitrogen functional groups attached to an aromatic ring is 1. The zero-order chi connectivity index (χ0) is 12.0. The molecule has 0 radical (unpaired) electrons. The van der Waals surface area contributed by atoms with Gasteiger partial charge in [-0.15, -0.1) is 0 Å². The third-order valence-corrected chi connectivity index (χ3v) is 2.88. The van der Waals surface area contributed by atoms with Crippen molar-refractivity contribution in [2.75, 3.05) is 11.5 Å². The van der Waals surface area contributed by atoms with Crippen LogP contribution in [0.1, 0.15) is 24.6 Å². The van der Waals surface area contributed by atoms with Gasteiger partial charge in [-0.1, -0.05) is 23.9 Å². The second-order valence-corrected chi connectivity index (χ2v) is 4.71. The largest absolute Gasteiger partial charge is 0.384 e. The Hall–Kier alpha value is -1.29. The maximum atomic E-state index is 10.7. The third-order valence-electron chi connectivity index (χ3n) is 2.04. The van der Waals surface area contributed by atoms with E-state index in [0.29, 0.717) is 5.82 Å². The molecule has 16 heavy (non-hydrogen) atoms. The molecule has 4 heteroatoms. The molecule has 1 heterocycles. The van der Waals surface area contributed by atoms with Crippen LogP contribution in [0.15, 0.2) is 18.2 Å². The Bertz CT molecular complexity index is 402. The number of carbonyl (C=O) groups excluding carboxylic acids is 1. The predicted molar refractivity (Wildman–Crippen MR) is 70.2 cm³/mol. The minimum absolute atomic E-state index is 0.165. The van der Waals surface area contributed by atoms with Crippen molar-refractivity contribution < 1.29 is 4.79 Å². The van der Waals surface area contributed by atoms with Gasteiger partial charge in [0.1, 0.15) is 5.82 Å². The number of thioether (sulfide) groups is 1. The topological polar surface area (TPSA) is 56.0 Å². The number of aromatic nitrogens is 1. The molecule has 0 unspecified atom stereocenters. The van der Waals surface area contributed by atoms with Gasteiger partial charge in [0, 0.05) is 18.4 Å². The van der Waals surface area contributed by atoms with Gasteiger partial charge < -0.3 is 5.73 Å². The van der Waals surface area contributed by atoms with Gasteiger partial charge in [-0.2, -0.15) is 0 Å². The van der Waals surface area contributed by atoms with Crippen molar-refractivity contribution in [3.63, 3.8) is 0 Å². The molecule has 86 valence electrons.